The van der Waals surface area contributed by atoms with Gasteiger partial charge in [0.25, 0.3) is 0 Å². The van der Waals surface area contributed by atoms with E-state index in [4.69, 9.17) is 11.1 Å². The summed E-state index contributed by atoms with van der Waals surface area (Å²) in [6.07, 6.45) is 3.01. The lowest BCUT2D eigenvalue weighted by molar-refractivity contribution is -0.131. The molecular weight excluding hydrogens is 350 g/mol. The number of pyridine rings is 1. The fourth-order valence-electron chi connectivity index (χ4n) is 3.17. The molecule has 26 heavy (non-hydrogen) atoms. The molecule has 1 aliphatic heterocycles. The Labute approximate surface area is 155 Å². The molecule has 3 heterocycles. The van der Waals surface area contributed by atoms with Crippen molar-refractivity contribution < 1.29 is 9.59 Å². The molecule has 3 rings (SSSR count). The quantitative estimate of drug-likeness (QED) is 0.407. The summed E-state index contributed by atoms with van der Waals surface area (Å²) in [7, 11) is 0. The topological polar surface area (TPSA) is 112 Å². The fraction of sp³-hybridized carbons (Fsp3) is 0.333. The Morgan fingerprint density at radius 1 is 1.54 bits per heavy atom. The van der Waals surface area contributed by atoms with Crippen LogP contribution in [0.4, 0.5) is 0 Å². The highest BCUT2D eigenvalue weighted by Crippen LogP contribution is 2.30. The van der Waals surface area contributed by atoms with E-state index in [9.17, 15) is 9.59 Å². The fourth-order valence-corrected chi connectivity index (χ4v) is 4.08. The van der Waals surface area contributed by atoms with Gasteiger partial charge >= 0.3 is 0 Å². The van der Waals surface area contributed by atoms with E-state index >= 15 is 0 Å². The molecule has 2 amide bonds. The molecule has 2 aromatic heterocycles. The van der Waals surface area contributed by atoms with Gasteiger partial charge in [-0.2, -0.15) is 0 Å². The third kappa shape index (κ3) is 3.75. The maximum atomic E-state index is 12.7. The summed E-state index contributed by atoms with van der Waals surface area (Å²) < 4.78 is 0. The summed E-state index contributed by atoms with van der Waals surface area (Å²) in [6.45, 7) is 2.37. The molecule has 2 aromatic rings. The molecule has 0 radical (unpaired) electrons. The van der Waals surface area contributed by atoms with Gasteiger partial charge in [-0.3, -0.25) is 20.0 Å². The molecule has 7 nitrogen and oxygen atoms in total. The van der Waals surface area contributed by atoms with Gasteiger partial charge in [-0.1, -0.05) is 6.07 Å². The van der Waals surface area contributed by atoms with Crippen molar-refractivity contribution in [1.82, 2.24) is 15.2 Å². The molecule has 136 valence electrons. The molecule has 8 heteroatoms. The van der Waals surface area contributed by atoms with Crippen LogP contribution in [0.15, 0.2) is 35.8 Å². The van der Waals surface area contributed by atoms with Crippen molar-refractivity contribution in [2.75, 3.05) is 6.54 Å². The van der Waals surface area contributed by atoms with E-state index in [0.29, 0.717) is 18.5 Å². The zero-order valence-corrected chi connectivity index (χ0v) is 15.2. The van der Waals surface area contributed by atoms with Gasteiger partial charge in [0.2, 0.25) is 12.3 Å². The minimum absolute atomic E-state index is 0.00662. The van der Waals surface area contributed by atoms with Crippen molar-refractivity contribution in [3.63, 3.8) is 0 Å². The Bertz CT molecular complexity index is 807. The smallest absolute Gasteiger partial charge is 0.243 e. The summed E-state index contributed by atoms with van der Waals surface area (Å²) in [5.74, 6) is -0.119. The van der Waals surface area contributed by atoms with Crippen molar-refractivity contribution in [2.45, 2.75) is 31.3 Å². The van der Waals surface area contributed by atoms with E-state index in [1.165, 1.54) is 16.2 Å². The number of nitrogens with one attached hydrogen (secondary N) is 2. The SMILES string of the molecule is C[C@@H](NC(=O)C1CC(c2ccccn2)CN1C=O)c1cc(C(=N)N)cs1. The van der Waals surface area contributed by atoms with E-state index < -0.39 is 6.04 Å². The first-order chi connectivity index (χ1) is 12.5. The van der Waals surface area contributed by atoms with Gasteiger partial charge in [0.05, 0.1) is 6.04 Å². The van der Waals surface area contributed by atoms with Crippen LogP contribution in [-0.4, -0.2) is 40.6 Å². The van der Waals surface area contributed by atoms with Crippen molar-refractivity contribution in [3.8, 4) is 0 Å². The predicted molar refractivity (Wildman–Crippen MR) is 100 cm³/mol. The number of nitrogens with zero attached hydrogens (tertiary/aromatic N) is 2. The Morgan fingerprint density at radius 3 is 2.96 bits per heavy atom. The molecule has 0 aliphatic carbocycles. The van der Waals surface area contributed by atoms with Crippen LogP contribution < -0.4 is 11.1 Å². The molecule has 0 spiro atoms. The van der Waals surface area contributed by atoms with Crippen molar-refractivity contribution in [2.24, 2.45) is 5.73 Å². The molecule has 2 unspecified atom stereocenters. The number of amides is 2. The predicted octanol–water partition coefficient (Wildman–Crippen LogP) is 1.62. The van der Waals surface area contributed by atoms with Gasteiger partial charge in [0.15, 0.2) is 0 Å². The maximum absolute atomic E-state index is 12.7. The third-order valence-electron chi connectivity index (χ3n) is 4.60. The van der Waals surface area contributed by atoms with Gasteiger partial charge < -0.3 is 16.0 Å². The maximum Gasteiger partial charge on any atom is 0.243 e. The molecular formula is C18H21N5O2S. The van der Waals surface area contributed by atoms with Crippen LogP contribution in [-0.2, 0) is 9.59 Å². The van der Waals surface area contributed by atoms with E-state index in [0.717, 1.165) is 17.0 Å². The van der Waals surface area contributed by atoms with Crippen molar-refractivity contribution in [1.29, 1.82) is 5.41 Å². The second kappa shape index (κ2) is 7.65. The zero-order valence-electron chi connectivity index (χ0n) is 14.4. The van der Waals surface area contributed by atoms with Crippen molar-refractivity contribution >= 4 is 29.5 Å². The summed E-state index contributed by atoms with van der Waals surface area (Å²) in [5, 5.41) is 12.2. The Hall–Kier alpha value is -2.74. The first kappa shape index (κ1) is 18.1. The number of hydrogen-bond donors (Lipinski definition) is 3. The summed E-state index contributed by atoms with van der Waals surface area (Å²) in [5.41, 5.74) is 7.03. The van der Waals surface area contributed by atoms with Crippen LogP contribution in [0, 0.1) is 5.41 Å². The molecule has 1 saturated heterocycles. The van der Waals surface area contributed by atoms with Crippen LogP contribution in [0.25, 0.3) is 0 Å². The minimum Gasteiger partial charge on any atom is -0.384 e. The monoisotopic (exact) mass is 371 g/mol. The molecule has 0 saturated carbocycles. The lowest BCUT2D eigenvalue weighted by atomic mass is 10.0. The number of nitrogens with two attached hydrogens (primary N) is 1. The first-order valence-corrected chi connectivity index (χ1v) is 9.22. The lowest BCUT2D eigenvalue weighted by Crippen LogP contribution is -2.43. The van der Waals surface area contributed by atoms with E-state index in [2.05, 4.69) is 10.3 Å². The average molecular weight is 371 g/mol. The largest absolute Gasteiger partial charge is 0.384 e. The molecule has 1 aliphatic rings. The molecule has 0 bridgehead atoms. The minimum atomic E-state index is -0.505. The van der Waals surface area contributed by atoms with Gasteiger partial charge in [-0.15, -0.1) is 11.3 Å². The highest BCUT2D eigenvalue weighted by atomic mass is 32.1. The van der Waals surface area contributed by atoms with E-state index in [-0.39, 0.29) is 23.7 Å². The average Bonchev–Trinajstić information content (AvgIpc) is 3.29. The second-order valence-corrected chi connectivity index (χ2v) is 7.33. The number of thiophene rings is 1. The van der Waals surface area contributed by atoms with Crippen LogP contribution in [0.5, 0.6) is 0 Å². The number of carbonyl (C=O) groups is 2. The zero-order chi connectivity index (χ0) is 18.7. The Balaban J connectivity index is 1.67. The Morgan fingerprint density at radius 2 is 2.35 bits per heavy atom. The first-order valence-electron chi connectivity index (χ1n) is 8.34. The number of amidine groups is 1. The van der Waals surface area contributed by atoms with Crippen LogP contribution in [0.1, 0.15) is 41.4 Å². The summed E-state index contributed by atoms with van der Waals surface area (Å²) in [4.78, 5) is 30.9. The van der Waals surface area contributed by atoms with Crippen molar-refractivity contribution in [3.05, 3.63) is 52.0 Å². The number of hydrogen-bond acceptors (Lipinski definition) is 5. The summed E-state index contributed by atoms with van der Waals surface area (Å²) >= 11 is 1.45. The third-order valence-corrected chi connectivity index (χ3v) is 5.72. The normalized spacial score (nSPS) is 20.6. The summed E-state index contributed by atoms with van der Waals surface area (Å²) in [6, 6.07) is 6.76. The van der Waals surface area contributed by atoms with E-state index in [1.807, 2.05) is 25.1 Å². The molecule has 4 N–H and O–H groups in total. The lowest BCUT2D eigenvalue weighted by Gasteiger charge is -2.21. The molecule has 1 fully saturated rings. The number of rotatable bonds is 6. The Kier molecular flexibility index (Phi) is 5.32. The van der Waals surface area contributed by atoms with Gasteiger partial charge in [0.1, 0.15) is 11.9 Å². The van der Waals surface area contributed by atoms with E-state index in [1.54, 1.807) is 17.6 Å². The van der Waals surface area contributed by atoms with Gasteiger partial charge in [0, 0.05) is 40.2 Å². The molecule has 0 aromatic carbocycles. The standard InChI is InChI=1S/C18H21N5O2S/c1-11(16-7-13(9-26-16)17(19)20)22-18(25)15-6-12(8-23(15)10-24)14-4-2-3-5-21-14/h2-5,7,9-12,15H,6,8H2,1H3,(H3,19,20)(H,22,25)/t11-,12?,15?/m1/s1. The number of aromatic nitrogens is 1. The molecule has 3 atom stereocenters. The highest BCUT2D eigenvalue weighted by molar-refractivity contribution is 7.10. The van der Waals surface area contributed by atoms with Gasteiger partial charge in [-0.25, -0.2) is 0 Å². The van der Waals surface area contributed by atoms with Crippen LogP contribution in [0.3, 0.4) is 0 Å². The highest BCUT2D eigenvalue weighted by Gasteiger charge is 2.37. The second-order valence-electron chi connectivity index (χ2n) is 6.39. The van der Waals surface area contributed by atoms with Crippen LogP contribution >= 0.6 is 11.3 Å². The number of likely N-dealkylation sites (tertiary alicyclic amines) is 1. The number of carbonyl (C=O) groups excluding carboxylic acids is 2. The van der Waals surface area contributed by atoms with Crippen LogP contribution in [0.2, 0.25) is 0 Å². The number of nitrogen functional groups attached to an aromatic ring is 1. The van der Waals surface area contributed by atoms with Gasteiger partial charge in [-0.05, 0) is 31.5 Å².